The Morgan fingerprint density at radius 2 is 1.61 bits per heavy atom. The Hall–Kier alpha value is -3.94. The Morgan fingerprint density at radius 1 is 0.935 bits per heavy atom. The zero-order chi connectivity index (χ0) is 22.5. The lowest BCUT2D eigenvalue weighted by Crippen LogP contribution is -2.41. The predicted molar refractivity (Wildman–Crippen MR) is 115 cm³/mol. The Kier molecular flexibility index (Phi) is 6.49. The number of aryl methyl sites for hydroxylation is 2. The zero-order valence-electron chi connectivity index (χ0n) is 17.9. The molecule has 0 aliphatic heterocycles. The third kappa shape index (κ3) is 4.80. The first-order valence-electron chi connectivity index (χ1n) is 9.82. The van der Waals surface area contributed by atoms with Gasteiger partial charge in [0.15, 0.2) is 0 Å². The summed E-state index contributed by atoms with van der Waals surface area (Å²) < 4.78 is 6.61. The molecule has 1 aromatic heterocycles. The van der Waals surface area contributed by atoms with Gasteiger partial charge in [-0.25, -0.2) is 9.48 Å². The molecule has 3 aromatic rings. The van der Waals surface area contributed by atoms with E-state index in [0.29, 0.717) is 28.1 Å². The van der Waals surface area contributed by atoms with Gasteiger partial charge in [-0.1, -0.05) is 17.7 Å². The first-order chi connectivity index (χ1) is 14.8. The molecule has 2 amide bonds. The topological polar surface area (TPSA) is 102 Å². The lowest BCUT2D eigenvalue weighted by atomic mass is 10.1. The number of carbonyl (C=O) groups is 3. The van der Waals surface area contributed by atoms with Crippen molar-refractivity contribution < 1.29 is 19.1 Å². The van der Waals surface area contributed by atoms with Crippen LogP contribution in [0.2, 0.25) is 0 Å². The number of aromatic nitrogens is 2. The van der Waals surface area contributed by atoms with Gasteiger partial charge < -0.3 is 4.74 Å². The fraction of sp³-hybridized carbons (Fsp3) is 0.217. The summed E-state index contributed by atoms with van der Waals surface area (Å²) in [4.78, 5) is 36.7. The van der Waals surface area contributed by atoms with E-state index in [0.717, 1.165) is 11.1 Å². The molecule has 0 unspecified atom stereocenters. The number of rotatable bonds is 5. The second-order valence-corrected chi connectivity index (χ2v) is 7.05. The van der Waals surface area contributed by atoms with Crippen molar-refractivity contribution in [3.8, 4) is 5.69 Å². The van der Waals surface area contributed by atoms with Crippen molar-refractivity contribution in [3.05, 3.63) is 82.2 Å². The molecule has 0 fully saturated rings. The minimum absolute atomic E-state index is 0.285. The summed E-state index contributed by atoms with van der Waals surface area (Å²) in [6, 6.07) is 12.1. The summed E-state index contributed by atoms with van der Waals surface area (Å²) in [5, 5.41) is 4.23. The van der Waals surface area contributed by atoms with Crippen molar-refractivity contribution in [1.29, 1.82) is 0 Å². The standard InChI is InChI=1S/C23H24N4O4/c1-5-31-23(30)20-13-24-27(16(20)4)18-9-7-17(8-10-18)21(28)25-26-22(29)19-11-6-14(2)12-15(19)3/h6-13H,5H2,1-4H3,(H,25,28)(H,26,29). The number of ether oxygens (including phenoxy) is 1. The number of hydrogen-bond acceptors (Lipinski definition) is 5. The van der Waals surface area contributed by atoms with Crippen LogP contribution < -0.4 is 10.9 Å². The van der Waals surface area contributed by atoms with Gasteiger partial charge in [0.2, 0.25) is 0 Å². The third-order valence-corrected chi connectivity index (χ3v) is 4.80. The molecule has 1 heterocycles. The number of hydrogen-bond donors (Lipinski definition) is 2. The van der Waals surface area contributed by atoms with Crippen LogP contribution in [-0.4, -0.2) is 34.2 Å². The number of nitrogens with zero attached hydrogens (tertiary/aromatic N) is 2. The van der Waals surface area contributed by atoms with Crippen LogP contribution in [0.4, 0.5) is 0 Å². The van der Waals surface area contributed by atoms with Crippen LogP contribution >= 0.6 is 0 Å². The Bertz CT molecular complexity index is 1130. The van der Waals surface area contributed by atoms with E-state index in [9.17, 15) is 14.4 Å². The lowest BCUT2D eigenvalue weighted by molar-refractivity contribution is 0.0525. The lowest BCUT2D eigenvalue weighted by Gasteiger charge is -2.10. The monoisotopic (exact) mass is 420 g/mol. The Labute approximate surface area is 180 Å². The average molecular weight is 420 g/mol. The van der Waals surface area contributed by atoms with Crippen LogP contribution in [0.3, 0.4) is 0 Å². The summed E-state index contributed by atoms with van der Waals surface area (Å²) >= 11 is 0. The van der Waals surface area contributed by atoms with Gasteiger partial charge >= 0.3 is 5.97 Å². The fourth-order valence-electron chi connectivity index (χ4n) is 3.15. The molecule has 8 heteroatoms. The van der Waals surface area contributed by atoms with Crippen molar-refractivity contribution in [2.24, 2.45) is 0 Å². The molecule has 31 heavy (non-hydrogen) atoms. The third-order valence-electron chi connectivity index (χ3n) is 4.80. The summed E-state index contributed by atoms with van der Waals surface area (Å²) in [6.07, 6.45) is 1.45. The molecule has 0 aliphatic rings. The second kappa shape index (κ2) is 9.25. The number of amides is 2. The van der Waals surface area contributed by atoms with Gasteiger partial charge in [-0.15, -0.1) is 0 Å². The van der Waals surface area contributed by atoms with Crippen LogP contribution in [-0.2, 0) is 4.74 Å². The van der Waals surface area contributed by atoms with Crippen LogP contribution in [0, 0.1) is 20.8 Å². The molecular formula is C23H24N4O4. The minimum atomic E-state index is -0.450. The predicted octanol–water partition coefficient (Wildman–Crippen LogP) is 3.05. The van der Waals surface area contributed by atoms with E-state index < -0.39 is 11.9 Å². The van der Waals surface area contributed by atoms with Crippen LogP contribution in [0.5, 0.6) is 0 Å². The maximum Gasteiger partial charge on any atom is 0.341 e. The molecule has 3 rings (SSSR count). The van der Waals surface area contributed by atoms with Gasteiger partial charge in [-0.3, -0.25) is 20.4 Å². The summed E-state index contributed by atoms with van der Waals surface area (Å²) in [5.41, 5.74) is 9.30. The molecule has 0 spiro atoms. The van der Waals surface area contributed by atoms with Crippen LogP contribution in [0.15, 0.2) is 48.7 Å². The summed E-state index contributed by atoms with van der Waals surface area (Å²) in [6.45, 7) is 7.58. The average Bonchev–Trinajstić information content (AvgIpc) is 3.13. The zero-order valence-corrected chi connectivity index (χ0v) is 17.9. The summed E-state index contributed by atoms with van der Waals surface area (Å²) in [5.74, 6) is -1.27. The second-order valence-electron chi connectivity index (χ2n) is 7.05. The van der Waals surface area contributed by atoms with Gasteiger partial charge in [-0.05, 0) is 63.6 Å². The van der Waals surface area contributed by atoms with E-state index in [4.69, 9.17) is 4.74 Å². The van der Waals surface area contributed by atoms with E-state index in [-0.39, 0.29) is 12.5 Å². The van der Waals surface area contributed by atoms with E-state index >= 15 is 0 Å². The largest absolute Gasteiger partial charge is 0.462 e. The molecule has 0 saturated carbocycles. The SMILES string of the molecule is CCOC(=O)c1cnn(-c2ccc(C(=O)NNC(=O)c3ccc(C)cc3C)cc2)c1C. The number of esters is 1. The normalized spacial score (nSPS) is 10.5. The maximum absolute atomic E-state index is 12.4. The minimum Gasteiger partial charge on any atom is -0.462 e. The highest BCUT2D eigenvalue weighted by atomic mass is 16.5. The van der Waals surface area contributed by atoms with Crippen molar-refractivity contribution in [3.63, 3.8) is 0 Å². The molecule has 0 radical (unpaired) electrons. The smallest absolute Gasteiger partial charge is 0.341 e. The van der Waals surface area contributed by atoms with Gasteiger partial charge in [0.05, 0.1) is 24.2 Å². The summed E-state index contributed by atoms with van der Waals surface area (Å²) in [7, 11) is 0. The van der Waals surface area contributed by atoms with Crippen LogP contribution in [0.25, 0.3) is 5.69 Å². The number of nitrogens with one attached hydrogen (secondary N) is 2. The van der Waals surface area contributed by atoms with E-state index in [1.54, 1.807) is 48.9 Å². The van der Waals surface area contributed by atoms with E-state index in [1.165, 1.54) is 6.20 Å². The Balaban J connectivity index is 1.67. The van der Waals surface area contributed by atoms with Crippen LogP contribution in [0.1, 0.15) is 54.8 Å². The number of benzene rings is 2. The first kappa shape index (κ1) is 21.8. The number of carbonyl (C=O) groups excluding carboxylic acids is 3. The molecule has 160 valence electrons. The number of hydrazine groups is 1. The van der Waals surface area contributed by atoms with E-state index in [1.807, 2.05) is 26.0 Å². The van der Waals surface area contributed by atoms with E-state index in [2.05, 4.69) is 16.0 Å². The van der Waals surface area contributed by atoms with Crippen molar-refractivity contribution in [1.82, 2.24) is 20.6 Å². The van der Waals surface area contributed by atoms with Crippen molar-refractivity contribution >= 4 is 17.8 Å². The van der Waals surface area contributed by atoms with Gasteiger partial charge in [0, 0.05) is 11.1 Å². The molecular weight excluding hydrogens is 396 g/mol. The highest BCUT2D eigenvalue weighted by Gasteiger charge is 2.16. The molecule has 8 nitrogen and oxygen atoms in total. The van der Waals surface area contributed by atoms with Gasteiger partial charge in [-0.2, -0.15) is 5.10 Å². The highest BCUT2D eigenvalue weighted by molar-refractivity contribution is 5.99. The van der Waals surface area contributed by atoms with Gasteiger partial charge in [0.25, 0.3) is 11.8 Å². The maximum atomic E-state index is 12.4. The highest BCUT2D eigenvalue weighted by Crippen LogP contribution is 2.16. The first-order valence-corrected chi connectivity index (χ1v) is 9.82. The van der Waals surface area contributed by atoms with Gasteiger partial charge in [0.1, 0.15) is 5.56 Å². The quantitative estimate of drug-likeness (QED) is 0.488. The fourth-order valence-corrected chi connectivity index (χ4v) is 3.15. The Morgan fingerprint density at radius 3 is 2.26 bits per heavy atom. The molecule has 0 bridgehead atoms. The molecule has 0 saturated heterocycles. The van der Waals surface area contributed by atoms with Crippen molar-refractivity contribution in [2.75, 3.05) is 6.61 Å². The van der Waals surface area contributed by atoms with Crippen molar-refractivity contribution in [2.45, 2.75) is 27.7 Å². The molecule has 0 aliphatic carbocycles. The molecule has 0 atom stereocenters. The molecule has 2 N–H and O–H groups in total. The molecule has 2 aromatic carbocycles.